The number of nitrogens with one attached hydrogen (secondary N) is 1. The second-order valence-electron chi connectivity index (χ2n) is 3.89. The molecule has 1 aromatic carbocycles. The van der Waals surface area contributed by atoms with Crippen molar-refractivity contribution in [2.75, 3.05) is 18.5 Å². The lowest BCUT2D eigenvalue weighted by Crippen LogP contribution is -2.19. The van der Waals surface area contributed by atoms with E-state index in [2.05, 4.69) is 5.32 Å². The van der Waals surface area contributed by atoms with Crippen molar-refractivity contribution in [3.63, 3.8) is 0 Å². The van der Waals surface area contributed by atoms with Crippen molar-refractivity contribution in [3.05, 3.63) is 39.0 Å². The molecule has 120 valence electrons. The summed E-state index contributed by atoms with van der Waals surface area (Å²) in [4.78, 5) is 23.6. The Balaban J connectivity index is 3.05. The van der Waals surface area contributed by atoms with E-state index < -0.39 is 11.9 Å². The molecule has 22 heavy (non-hydrogen) atoms. The number of rotatable bonds is 6. The molecule has 1 rings (SSSR count). The van der Waals surface area contributed by atoms with Crippen LogP contribution in [0.1, 0.15) is 13.8 Å². The largest absolute Gasteiger partial charge is 0.462 e. The first-order chi connectivity index (χ1) is 10.4. The molecule has 0 bridgehead atoms. The van der Waals surface area contributed by atoms with Crippen LogP contribution in [-0.4, -0.2) is 25.2 Å². The minimum absolute atomic E-state index is 0.128. The summed E-state index contributed by atoms with van der Waals surface area (Å²) in [5, 5.41) is 3.56. The highest BCUT2D eigenvalue weighted by Crippen LogP contribution is 2.32. The second-order valence-corrected chi connectivity index (χ2v) is 5.11. The number of halogens is 3. The quantitative estimate of drug-likeness (QED) is 0.270. The molecule has 0 radical (unpaired) electrons. The van der Waals surface area contributed by atoms with Crippen LogP contribution in [0.25, 0.3) is 0 Å². The molecule has 0 spiro atoms. The summed E-state index contributed by atoms with van der Waals surface area (Å²) in [7, 11) is 0. The molecule has 0 saturated carbocycles. The van der Waals surface area contributed by atoms with Crippen LogP contribution in [0.5, 0.6) is 0 Å². The van der Waals surface area contributed by atoms with Crippen molar-refractivity contribution >= 4 is 52.4 Å². The molecule has 1 N–H and O–H groups in total. The van der Waals surface area contributed by atoms with Gasteiger partial charge in [0.25, 0.3) is 0 Å². The summed E-state index contributed by atoms with van der Waals surface area (Å²) in [5.41, 5.74) is 0.0907. The van der Waals surface area contributed by atoms with E-state index >= 15 is 0 Å². The Bertz CT molecular complexity index is 582. The van der Waals surface area contributed by atoms with Gasteiger partial charge in [0.05, 0.1) is 34.0 Å². The molecule has 0 aliphatic rings. The van der Waals surface area contributed by atoms with Gasteiger partial charge in [0, 0.05) is 6.20 Å². The third-order valence-corrected chi connectivity index (χ3v) is 3.41. The van der Waals surface area contributed by atoms with E-state index in [0.717, 1.165) is 6.20 Å². The van der Waals surface area contributed by atoms with Crippen molar-refractivity contribution in [2.45, 2.75) is 13.8 Å². The first-order valence-electron chi connectivity index (χ1n) is 6.36. The molecule has 0 amide bonds. The van der Waals surface area contributed by atoms with Gasteiger partial charge < -0.3 is 14.8 Å². The number of hydrogen-bond donors (Lipinski definition) is 1. The molecule has 0 fully saturated rings. The van der Waals surface area contributed by atoms with E-state index in [-0.39, 0.29) is 33.9 Å². The van der Waals surface area contributed by atoms with Crippen molar-refractivity contribution in [3.8, 4) is 0 Å². The number of carbonyl (C=O) groups is 2. The average molecular weight is 367 g/mol. The monoisotopic (exact) mass is 365 g/mol. The normalized spacial score (nSPS) is 9.86. The Labute approximate surface area is 143 Å². The zero-order valence-electron chi connectivity index (χ0n) is 11.9. The highest BCUT2D eigenvalue weighted by Gasteiger charge is 2.21. The standard InChI is InChI=1S/C14H14Cl3NO4/c1-3-21-13(19)8(14(20)22-4-2)7-18-12-6-10(16)9(15)5-11(12)17/h5-7,18H,3-4H2,1-2H3. The molecule has 5 nitrogen and oxygen atoms in total. The van der Waals surface area contributed by atoms with E-state index in [4.69, 9.17) is 44.3 Å². The zero-order valence-corrected chi connectivity index (χ0v) is 14.2. The van der Waals surface area contributed by atoms with Gasteiger partial charge in [0.2, 0.25) is 0 Å². The SMILES string of the molecule is CCOC(=O)C(=CNc1cc(Cl)c(Cl)cc1Cl)C(=O)OCC. The van der Waals surface area contributed by atoms with Crippen molar-refractivity contribution in [1.82, 2.24) is 0 Å². The Morgan fingerprint density at radius 2 is 1.50 bits per heavy atom. The van der Waals surface area contributed by atoms with E-state index in [1.54, 1.807) is 13.8 Å². The van der Waals surface area contributed by atoms with Gasteiger partial charge >= 0.3 is 11.9 Å². The smallest absolute Gasteiger partial charge is 0.347 e. The second kappa shape index (κ2) is 8.88. The Kier molecular flexibility index (Phi) is 7.51. The van der Waals surface area contributed by atoms with Gasteiger partial charge in [-0.05, 0) is 26.0 Å². The maximum absolute atomic E-state index is 11.8. The fourth-order valence-corrected chi connectivity index (χ4v) is 2.00. The van der Waals surface area contributed by atoms with Crippen LogP contribution >= 0.6 is 34.8 Å². The molecule has 0 aliphatic heterocycles. The fraction of sp³-hybridized carbons (Fsp3) is 0.286. The average Bonchev–Trinajstić information content (AvgIpc) is 2.45. The molecule has 0 aromatic heterocycles. The number of ether oxygens (including phenoxy) is 2. The maximum atomic E-state index is 11.8. The molecular formula is C14H14Cl3NO4. The van der Waals surface area contributed by atoms with Crippen LogP contribution in [0.2, 0.25) is 15.1 Å². The van der Waals surface area contributed by atoms with Crippen LogP contribution in [-0.2, 0) is 19.1 Å². The number of benzene rings is 1. The van der Waals surface area contributed by atoms with Gasteiger partial charge in [-0.25, -0.2) is 9.59 Å². The molecule has 0 unspecified atom stereocenters. The van der Waals surface area contributed by atoms with Crippen LogP contribution in [0.15, 0.2) is 23.9 Å². The van der Waals surface area contributed by atoms with Crippen molar-refractivity contribution in [1.29, 1.82) is 0 Å². The summed E-state index contributed by atoms with van der Waals surface area (Å²) < 4.78 is 9.61. The first kappa shape index (κ1) is 18.6. The summed E-state index contributed by atoms with van der Waals surface area (Å²) in [6.07, 6.45) is 1.15. The highest BCUT2D eigenvalue weighted by molar-refractivity contribution is 6.44. The predicted molar refractivity (Wildman–Crippen MR) is 86.4 cm³/mol. The van der Waals surface area contributed by atoms with Gasteiger partial charge in [-0.15, -0.1) is 0 Å². The summed E-state index contributed by atoms with van der Waals surface area (Å²) in [6.45, 7) is 3.51. The maximum Gasteiger partial charge on any atom is 0.347 e. The molecule has 8 heteroatoms. The van der Waals surface area contributed by atoms with Crippen molar-refractivity contribution < 1.29 is 19.1 Å². The molecule has 0 heterocycles. The molecule has 0 aliphatic carbocycles. The number of anilines is 1. The molecule has 0 atom stereocenters. The van der Waals surface area contributed by atoms with Gasteiger partial charge in [-0.1, -0.05) is 34.8 Å². The van der Waals surface area contributed by atoms with Gasteiger partial charge in [-0.2, -0.15) is 0 Å². The summed E-state index contributed by atoms with van der Waals surface area (Å²) >= 11 is 17.7. The topological polar surface area (TPSA) is 64.6 Å². The van der Waals surface area contributed by atoms with E-state index in [9.17, 15) is 9.59 Å². The minimum Gasteiger partial charge on any atom is -0.462 e. The molecule has 1 aromatic rings. The number of carbonyl (C=O) groups excluding carboxylic acids is 2. The zero-order chi connectivity index (χ0) is 16.7. The molecular weight excluding hydrogens is 353 g/mol. The van der Waals surface area contributed by atoms with Gasteiger partial charge in [0.15, 0.2) is 5.57 Å². The predicted octanol–water partition coefficient (Wildman–Crippen LogP) is 4.07. The number of hydrogen-bond acceptors (Lipinski definition) is 5. The Morgan fingerprint density at radius 3 is 2.00 bits per heavy atom. The Morgan fingerprint density at radius 1 is 1.00 bits per heavy atom. The number of esters is 2. The summed E-state index contributed by atoms with van der Waals surface area (Å²) in [6, 6.07) is 2.91. The Hall–Kier alpha value is -1.43. The third kappa shape index (κ3) is 5.09. The van der Waals surface area contributed by atoms with Gasteiger partial charge in [0.1, 0.15) is 0 Å². The lowest BCUT2D eigenvalue weighted by Gasteiger charge is -2.09. The van der Waals surface area contributed by atoms with E-state index in [1.807, 2.05) is 0 Å². The lowest BCUT2D eigenvalue weighted by atomic mass is 10.2. The van der Waals surface area contributed by atoms with E-state index in [0.29, 0.717) is 5.69 Å². The lowest BCUT2D eigenvalue weighted by molar-refractivity contribution is -0.146. The highest BCUT2D eigenvalue weighted by atomic mass is 35.5. The van der Waals surface area contributed by atoms with E-state index in [1.165, 1.54) is 12.1 Å². The van der Waals surface area contributed by atoms with Crippen LogP contribution in [0.3, 0.4) is 0 Å². The van der Waals surface area contributed by atoms with Crippen LogP contribution < -0.4 is 5.32 Å². The minimum atomic E-state index is -0.801. The van der Waals surface area contributed by atoms with Crippen molar-refractivity contribution in [2.24, 2.45) is 0 Å². The molecule has 0 saturated heterocycles. The van der Waals surface area contributed by atoms with Crippen LogP contribution in [0, 0.1) is 0 Å². The third-order valence-electron chi connectivity index (χ3n) is 2.37. The summed E-state index contributed by atoms with van der Waals surface area (Å²) in [5.74, 6) is -1.60. The van der Waals surface area contributed by atoms with Crippen LogP contribution in [0.4, 0.5) is 5.69 Å². The first-order valence-corrected chi connectivity index (χ1v) is 7.49. The fourth-order valence-electron chi connectivity index (χ4n) is 1.40. The van der Waals surface area contributed by atoms with Gasteiger partial charge in [-0.3, -0.25) is 0 Å².